The zero-order valence-corrected chi connectivity index (χ0v) is 11.1. The average Bonchev–Trinajstić information content (AvgIpc) is 2.42. The van der Waals surface area contributed by atoms with Crippen LogP contribution in [0.1, 0.15) is 11.1 Å². The van der Waals surface area contributed by atoms with Crippen LogP contribution in [0.3, 0.4) is 0 Å². The van der Waals surface area contributed by atoms with Crippen molar-refractivity contribution in [3.05, 3.63) is 52.7 Å². The van der Waals surface area contributed by atoms with E-state index in [2.05, 4.69) is 10.3 Å². The molecule has 0 aliphatic rings. The summed E-state index contributed by atoms with van der Waals surface area (Å²) in [7, 11) is 1.88. The van der Waals surface area contributed by atoms with Crippen LogP contribution in [0.4, 0.5) is 0 Å². The van der Waals surface area contributed by atoms with Gasteiger partial charge in [0.15, 0.2) is 0 Å². The topological polar surface area (TPSA) is 57.9 Å². The fraction of sp³-hybridized carbons (Fsp3) is 0.143. The third-order valence-electron chi connectivity index (χ3n) is 2.47. The molecule has 0 radical (unpaired) electrons. The highest BCUT2D eigenvalue weighted by Gasteiger charge is 2.09. The lowest BCUT2D eigenvalue weighted by molar-refractivity contribution is 0.462. The molecule has 0 saturated heterocycles. The van der Waals surface area contributed by atoms with Gasteiger partial charge in [-0.05, 0) is 30.8 Å². The molecule has 5 heteroatoms. The molecule has 4 nitrogen and oxygen atoms in total. The Hall–Kier alpha value is -2.09. The van der Waals surface area contributed by atoms with E-state index < -0.39 is 0 Å². The number of nitriles is 1. The van der Waals surface area contributed by atoms with Crippen LogP contribution in [0, 0.1) is 11.3 Å². The molecule has 0 aliphatic carbocycles. The number of rotatable bonds is 4. The van der Waals surface area contributed by atoms with E-state index in [1.165, 1.54) is 6.20 Å². The lowest BCUT2D eigenvalue weighted by Crippen LogP contribution is -2.04. The lowest BCUT2D eigenvalue weighted by atomic mass is 10.2. The average molecular weight is 274 g/mol. The van der Waals surface area contributed by atoms with Crippen molar-refractivity contribution in [2.24, 2.45) is 0 Å². The molecule has 0 bridgehead atoms. The number of hydrogen-bond acceptors (Lipinski definition) is 4. The van der Waals surface area contributed by atoms with Gasteiger partial charge >= 0.3 is 0 Å². The van der Waals surface area contributed by atoms with Gasteiger partial charge < -0.3 is 10.1 Å². The van der Waals surface area contributed by atoms with Gasteiger partial charge in [-0.1, -0.05) is 23.7 Å². The minimum Gasteiger partial charge on any atom is -0.437 e. The number of pyridine rings is 1. The van der Waals surface area contributed by atoms with Crippen molar-refractivity contribution in [2.75, 3.05) is 7.05 Å². The molecule has 0 fully saturated rings. The number of benzene rings is 1. The van der Waals surface area contributed by atoms with Crippen LogP contribution in [-0.4, -0.2) is 12.0 Å². The first-order chi connectivity index (χ1) is 9.24. The molecule has 0 atom stereocenters. The zero-order chi connectivity index (χ0) is 13.7. The van der Waals surface area contributed by atoms with Gasteiger partial charge in [0.2, 0.25) is 5.88 Å². The van der Waals surface area contributed by atoms with Crippen LogP contribution in [0.2, 0.25) is 5.02 Å². The summed E-state index contributed by atoms with van der Waals surface area (Å²) in [4.78, 5) is 4.04. The molecular formula is C14H12ClN3O. The van der Waals surface area contributed by atoms with Gasteiger partial charge in [0.25, 0.3) is 0 Å². The number of nitrogens with zero attached hydrogens (tertiary/aromatic N) is 2. The van der Waals surface area contributed by atoms with Gasteiger partial charge in [-0.3, -0.25) is 0 Å². The Kier molecular flexibility index (Phi) is 4.35. The maximum Gasteiger partial charge on any atom is 0.239 e. The second-order valence-electron chi connectivity index (χ2n) is 3.87. The normalized spacial score (nSPS) is 9.95. The van der Waals surface area contributed by atoms with Gasteiger partial charge in [0, 0.05) is 12.7 Å². The van der Waals surface area contributed by atoms with Crippen molar-refractivity contribution in [3.8, 4) is 17.7 Å². The molecule has 0 amide bonds. The SMILES string of the molecule is CNCc1cccc(Oc2nccc(C#N)c2Cl)c1. The number of hydrogen-bond donors (Lipinski definition) is 1. The second-order valence-corrected chi connectivity index (χ2v) is 4.25. The molecule has 0 saturated carbocycles. The fourth-order valence-corrected chi connectivity index (χ4v) is 1.81. The molecule has 2 aromatic rings. The van der Waals surface area contributed by atoms with Crippen LogP contribution in [0.5, 0.6) is 11.6 Å². The summed E-state index contributed by atoms with van der Waals surface area (Å²) in [5, 5.41) is 12.2. The number of ether oxygens (including phenoxy) is 1. The van der Waals surface area contributed by atoms with E-state index >= 15 is 0 Å². The van der Waals surface area contributed by atoms with E-state index in [1.807, 2.05) is 37.4 Å². The first-order valence-corrected chi connectivity index (χ1v) is 6.08. The summed E-state index contributed by atoms with van der Waals surface area (Å²) in [6.45, 7) is 0.747. The third kappa shape index (κ3) is 3.22. The first kappa shape index (κ1) is 13.3. The smallest absolute Gasteiger partial charge is 0.239 e. The molecule has 2 rings (SSSR count). The molecule has 0 aliphatic heterocycles. The Morgan fingerprint density at radius 3 is 3.00 bits per heavy atom. The molecule has 1 aromatic heterocycles. The minimum atomic E-state index is 0.226. The highest BCUT2D eigenvalue weighted by molar-refractivity contribution is 6.33. The molecule has 1 aromatic carbocycles. The molecule has 1 heterocycles. The van der Waals surface area contributed by atoms with Crippen LogP contribution in [0.15, 0.2) is 36.5 Å². The summed E-state index contributed by atoms with van der Waals surface area (Å²) in [6.07, 6.45) is 1.50. The van der Waals surface area contributed by atoms with Gasteiger partial charge in [0.05, 0.1) is 5.56 Å². The molecular weight excluding hydrogens is 262 g/mol. The number of halogens is 1. The minimum absolute atomic E-state index is 0.226. The Labute approximate surface area is 116 Å². The zero-order valence-electron chi connectivity index (χ0n) is 10.4. The predicted molar refractivity (Wildman–Crippen MR) is 73.2 cm³/mol. The van der Waals surface area contributed by atoms with Gasteiger partial charge in [-0.15, -0.1) is 0 Å². The standard InChI is InChI=1S/C14H12ClN3O/c1-17-9-10-3-2-4-12(7-10)19-14-13(15)11(8-16)5-6-18-14/h2-7,17H,9H2,1H3. The monoisotopic (exact) mass is 273 g/mol. The maximum atomic E-state index is 8.90. The Bertz CT molecular complexity index is 622. The Morgan fingerprint density at radius 2 is 2.26 bits per heavy atom. The largest absolute Gasteiger partial charge is 0.437 e. The summed E-state index contributed by atoms with van der Waals surface area (Å²) in [5.74, 6) is 0.875. The van der Waals surface area contributed by atoms with Crippen molar-refractivity contribution < 1.29 is 4.74 Å². The van der Waals surface area contributed by atoms with Gasteiger partial charge in [0.1, 0.15) is 16.8 Å². The Morgan fingerprint density at radius 1 is 1.42 bits per heavy atom. The van der Waals surface area contributed by atoms with E-state index in [1.54, 1.807) is 6.07 Å². The molecule has 1 N–H and O–H groups in total. The second kappa shape index (κ2) is 6.19. The highest BCUT2D eigenvalue weighted by atomic mass is 35.5. The fourth-order valence-electron chi connectivity index (χ4n) is 1.62. The number of nitrogens with one attached hydrogen (secondary N) is 1. The maximum absolute atomic E-state index is 8.90. The van der Waals surface area contributed by atoms with Crippen LogP contribution >= 0.6 is 11.6 Å². The molecule has 19 heavy (non-hydrogen) atoms. The molecule has 96 valence electrons. The van der Waals surface area contributed by atoms with E-state index in [9.17, 15) is 0 Å². The van der Waals surface area contributed by atoms with E-state index in [0.29, 0.717) is 11.3 Å². The summed E-state index contributed by atoms with van der Waals surface area (Å²) >= 11 is 6.04. The molecule has 0 unspecified atom stereocenters. The highest BCUT2D eigenvalue weighted by Crippen LogP contribution is 2.29. The third-order valence-corrected chi connectivity index (χ3v) is 2.84. The summed E-state index contributed by atoms with van der Waals surface area (Å²) in [5.41, 5.74) is 1.44. The lowest BCUT2D eigenvalue weighted by Gasteiger charge is -2.08. The van der Waals surface area contributed by atoms with Gasteiger partial charge in [-0.25, -0.2) is 4.98 Å². The van der Waals surface area contributed by atoms with Crippen molar-refractivity contribution in [2.45, 2.75) is 6.54 Å². The van der Waals surface area contributed by atoms with Crippen LogP contribution < -0.4 is 10.1 Å². The van der Waals surface area contributed by atoms with E-state index in [-0.39, 0.29) is 10.9 Å². The van der Waals surface area contributed by atoms with E-state index in [0.717, 1.165) is 12.1 Å². The first-order valence-electron chi connectivity index (χ1n) is 5.70. The van der Waals surface area contributed by atoms with Crippen molar-refractivity contribution >= 4 is 11.6 Å². The molecule has 0 spiro atoms. The van der Waals surface area contributed by atoms with Gasteiger partial charge in [-0.2, -0.15) is 5.26 Å². The summed E-state index contributed by atoms with van der Waals surface area (Å²) < 4.78 is 5.62. The van der Waals surface area contributed by atoms with E-state index in [4.69, 9.17) is 21.6 Å². The summed E-state index contributed by atoms with van der Waals surface area (Å²) in [6, 6.07) is 11.1. The van der Waals surface area contributed by atoms with Crippen molar-refractivity contribution in [3.63, 3.8) is 0 Å². The van der Waals surface area contributed by atoms with Crippen LogP contribution in [0.25, 0.3) is 0 Å². The predicted octanol–water partition coefficient (Wildman–Crippen LogP) is 3.12. The quantitative estimate of drug-likeness (QED) is 0.930. The number of aromatic nitrogens is 1. The van der Waals surface area contributed by atoms with Crippen molar-refractivity contribution in [1.29, 1.82) is 5.26 Å². The van der Waals surface area contributed by atoms with Crippen molar-refractivity contribution in [1.82, 2.24) is 10.3 Å². The van der Waals surface area contributed by atoms with Crippen LogP contribution in [-0.2, 0) is 6.54 Å². The Balaban J connectivity index is 2.26.